The first kappa shape index (κ1) is 17.9. The Kier molecular flexibility index (Phi) is 6.21. The highest BCUT2D eigenvalue weighted by Gasteiger charge is 2.31. The summed E-state index contributed by atoms with van der Waals surface area (Å²) >= 11 is 1.03. The summed E-state index contributed by atoms with van der Waals surface area (Å²) in [4.78, 5) is 31.8. The molecule has 7 nitrogen and oxygen atoms in total. The predicted molar refractivity (Wildman–Crippen MR) is 98.3 cm³/mol. The maximum absolute atomic E-state index is 11.6. The third-order valence-electron chi connectivity index (χ3n) is 3.54. The van der Waals surface area contributed by atoms with Crippen molar-refractivity contribution in [2.75, 3.05) is 13.2 Å². The highest BCUT2D eigenvalue weighted by atomic mass is 32.2. The standard InChI is InChI=1S/C18H17N3O4S/c22-17-16(26-18(23)21-17)11-13-1-3-15(4-2-13)24-9-10-25-20-12-14-5-7-19-8-6-14/h1-8,12,16H,9-11H2,(H,21,22,23)/b20-12+. The van der Waals surface area contributed by atoms with E-state index in [4.69, 9.17) is 9.57 Å². The number of imide groups is 1. The first-order valence-electron chi connectivity index (χ1n) is 7.99. The van der Waals surface area contributed by atoms with Crippen LogP contribution in [-0.4, -0.2) is 40.8 Å². The monoisotopic (exact) mass is 371 g/mol. The second kappa shape index (κ2) is 9.00. The SMILES string of the molecule is O=C1NC(=O)C(Cc2ccc(OCCO/N=C/c3ccncc3)cc2)S1. The summed E-state index contributed by atoms with van der Waals surface area (Å²) in [6.07, 6.45) is 5.49. The lowest BCUT2D eigenvalue weighted by atomic mass is 10.1. The number of aromatic nitrogens is 1. The van der Waals surface area contributed by atoms with E-state index in [0.29, 0.717) is 25.4 Å². The van der Waals surface area contributed by atoms with Gasteiger partial charge in [0.1, 0.15) is 12.4 Å². The van der Waals surface area contributed by atoms with E-state index >= 15 is 0 Å². The van der Waals surface area contributed by atoms with E-state index in [9.17, 15) is 9.59 Å². The Morgan fingerprint density at radius 3 is 2.58 bits per heavy atom. The van der Waals surface area contributed by atoms with E-state index in [-0.39, 0.29) is 16.4 Å². The molecule has 1 unspecified atom stereocenters. The summed E-state index contributed by atoms with van der Waals surface area (Å²) < 4.78 is 5.57. The van der Waals surface area contributed by atoms with E-state index in [1.807, 2.05) is 36.4 Å². The molecule has 2 heterocycles. The second-order valence-electron chi connectivity index (χ2n) is 5.43. The molecule has 1 fully saturated rings. The van der Waals surface area contributed by atoms with Gasteiger partial charge in [0.05, 0.1) is 11.5 Å². The van der Waals surface area contributed by atoms with E-state index < -0.39 is 0 Å². The molecule has 8 heteroatoms. The number of nitrogens with one attached hydrogen (secondary N) is 1. The number of oxime groups is 1. The average Bonchev–Trinajstić information content (AvgIpc) is 2.97. The van der Waals surface area contributed by atoms with Gasteiger partial charge in [0.25, 0.3) is 5.24 Å². The van der Waals surface area contributed by atoms with Crippen molar-refractivity contribution < 1.29 is 19.2 Å². The molecule has 2 aromatic rings. The van der Waals surface area contributed by atoms with Crippen LogP contribution in [0.4, 0.5) is 4.79 Å². The number of pyridine rings is 1. The van der Waals surface area contributed by atoms with E-state index in [2.05, 4.69) is 15.5 Å². The third kappa shape index (κ3) is 5.32. The normalized spacial score (nSPS) is 16.7. The summed E-state index contributed by atoms with van der Waals surface area (Å²) in [5.74, 6) is 0.472. The fraction of sp³-hybridized carbons (Fsp3) is 0.222. The Morgan fingerprint density at radius 1 is 1.12 bits per heavy atom. The van der Waals surface area contributed by atoms with Crippen molar-refractivity contribution in [3.8, 4) is 5.75 Å². The van der Waals surface area contributed by atoms with Gasteiger partial charge in [0.15, 0.2) is 6.61 Å². The molecule has 1 saturated heterocycles. The first-order chi connectivity index (χ1) is 12.7. The zero-order valence-corrected chi connectivity index (χ0v) is 14.6. The van der Waals surface area contributed by atoms with E-state index in [0.717, 1.165) is 22.9 Å². The van der Waals surface area contributed by atoms with Crippen LogP contribution in [0.3, 0.4) is 0 Å². The van der Waals surface area contributed by atoms with Crippen molar-refractivity contribution in [1.82, 2.24) is 10.3 Å². The molecule has 0 aliphatic carbocycles. The van der Waals surface area contributed by atoms with Gasteiger partial charge in [-0.05, 0) is 41.8 Å². The van der Waals surface area contributed by atoms with Crippen LogP contribution in [0.1, 0.15) is 11.1 Å². The molecule has 0 radical (unpaired) electrons. The minimum atomic E-state index is -0.360. The zero-order chi connectivity index (χ0) is 18.2. The fourth-order valence-electron chi connectivity index (χ4n) is 2.26. The smallest absolute Gasteiger partial charge is 0.286 e. The molecule has 0 bridgehead atoms. The number of benzene rings is 1. The number of rotatable bonds is 8. The molecular weight excluding hydrogens is 354 g/mol. The number of hydrogen-bond acceptors (Lipinski definition) is 7. The first-order valence-corrected chi connectivity index (χ1v) is 8.87. The topological polar surface area (TPSA) is 89.9 Å². The highest BCUT2D eigenvalue weighted by Crippen LogP contribution is 2.23. The number of amides is 2. The second-order valence-corrected chi connectivity index (χ2v) is 6.60. The summed E-state index contributed by atoms with van der Waals surface area (Å²) in [5.41, 5.74) is 1.88. The lowest BCUT2D eigenvalue weighted by Crippen LogP contribution is -2.25. The summed E-state index contributed by atoms with van der Waals surface area (Å²) in [7, 11) is 0. The molecule has 1 aromatic heterocycles. The molecule has 134 valence electrons. The van der Waals surface area contributed by atoms with Gasteiger partial charge in [-0.2, -0.15) is 0 Å². The zero-order valence-electron chi connectivity index (χ0n) is 13.8. The molecule has 26 heavy (non-hydrogen) atoms. The Labute approximate surface area is 154 Å². The van der Waals surface area contributed by atoms with E-state index in [1.54, 1.807) is 18.6 Å². The number of nitrogens with zero attached hydrogens (tertiary/aromatic N) is 2. The van der Waals surface area contributed by atoms with Gasteiger partial charge < -0.3 is 9.57 Å². The van der Waals surface area contributed by atoms with Gasteiger partial charge in [-0.1, -0.05) is 29.1 Å². The number of carbonyl (C=O) groups is 2. The Morgan fingerprint density at radius 2 is 1.88 bits per heavy atom. The molecule has 0 saturated carbocycles. The molecule has 1 aliphatic heterocycles. The maximum atomic E-state index is 11.6. The lowest BCUT2D eigenvalue weighted by molar-refractivity contribution is -0.118. The number of carbonyl (C=O) groups excluding carboxylic acids is 2. The van der Waals surface area contributed by atoms with Crippen LogP contribution in [0.5, 0.6) is 5.75 Å². The van der Waals surface area contributed by atoms with Crippen molar-refractivity contribution in [2.45, 2.75) is 11.7 Å². The van der Waals surface area contributed by atoms with Crippen LogP contribution in [-0.2, 0) is 16.1 Å². The summed E-state index contributed by atoms with van der Waals surface area (Å²) in [6.45, 7) is 0.687. The van der Waals surface area contributed by atoms with Crippen molar-refractivity contribution in [1.29, 1.82) is 0 Å². The minimum Gasteiger partial charge on any atom is -0.490 e. The van der Waals surface area contributed by atoms with Crippen molar-refractivity contribution >= 4 is 29.1 Å². The van der Waals surface area contributed by atoms with Crippen molar-refractivity contribution in [2.24, 2.45) is 5.16 Å². The van der Waals surface area contributed by atoms with Gasteiger partial charge >= 0.3 is 0 Å². The third-order valence-corrected chi connectivity index (χ3v) is 4.52. The van der Waals surface area contributed by atoms with Crippen LogP contribution in [0, 0.1) is 0 Å². The van der Waals surface area contributed by atoms with Crippen molar-refractivity contribution in [3.05, 3.63) is 59.9 Å². The molecule has 1 N–H and O–H groups in total. The highest BCUT2D eigenvalue weighted by molar-refractivity contribution is 8.15. The Bertz CT molecular complexity index is 781. The maximum Gasteiger partial charge on any atom is 0.286 e. The number of ether oxygens (including phenoxy) is 1. The van der Waals surface area contributed by atoms with Gasteiger partial charge in [-0.3, -0.25) is 19.9 Å². The van der Waals surface area contributed by atoms with Gasteiger partial charge in [0, 0.05) is 12.4 Å². The quantitative estimate of drug-likeness (QED) is 0.435. The molecular formula is C18H17N3O4S. The van der Waals surface area contributed by atoms with Crippen LogP contribution in [0.25, 0.3) is 0 Å². The van der Waals surface area contributed by atoms with Crippen LogP contribution in [0.15, 0.2) is 53.9 Å². The molecule has 1 aromatic carbocycles. The van der Waals surface area contributed by atoms with E-state index in [1.165, 1.54) is 0 Å². The van der Waals surface area contributed by atoms with Crippen LogP contribution >= 0.6 is 11.8 Å². The molecule has 0 spiro atoms. The van der Waals surface area contributed by atoms with Gasteiger partial charge in [0.2, 0.25) is 5.91 Å². The lowest BCUT2D eigenvalue weighted by Gasteiger charge is -2.08. The summed E-state index contributed by atoms with van der Waals surface area (Å²) in [6, 6.07) is 11.1. The van der Waals surface area contributed by atoms with Gasteiger partial charge in [-0.25, -0.2) is 0 Å². The predicted octanol–water partition coefficient (Wildman–Crippen LogP) is 2.41. The minimum absolute atomic E-state index is 0.232. The van der Waals surface area contributed by atoms with Crippen LogP contribution < -0.4 is 10.1 Å². The number of thioether (sulfide) groups is 1. The van der Waals surface area contributed by atoms with Crippen LogP contribution in [0.2, 0.25) is 0 Å². The number of hydrogen-bond donors (Lipinski definition) is 1. The molecule has 2 amide bonds. The Balaban J connectivity index is 1.37. The molecule has 3 rings (SSSR count). The fourth-order valence-corrected chi connectivity index (χ4v) is 3.12. The molecule has 1 atom stereocenters. The largest absolute Gasteiger partial charge is 0.490 e. The van der Waals surface area contributed by atoms with Crippen molar-refractivity contribution in [3.63, 3.8) is 0 Å². The Hall–Kier alpha value is -2.87. The average molecular weight is 371 g/mol. The molecule has 1 aliphatic rings. The summed E-state index contributed by atoms with van der Waals surface area (Å²) in [5, 5.41) is 5.50. The van der Waals surface area contributed by atoms with Gasteiger partial charge in [-0.15, -0.1) is 0 Å².